The maximum atomic E-state index is 9.13. The summed E-state index contributed by atoms with van der Waals surface area (Å²) in [6, 6.07) is 19.0. The third-order valence-electron chi connectivity index (χ3n) is 6.01. The van der Waals surface area contributed by atoms with Crippen LogP contribution in [0.3, 0.4) is 0 Å². The molecule has 2 aromatic rings. The number of ether oxygens (including phenoxy) is 6. The second kappa shape index (κ2) is 39.1. The van der Waals surface area contributed by atoms with E-state index in [4.69, 9.17) is 33.5 Å². The van der Waals surface area contributed by atoms with Crippen LogP contribution in [0.15, 0.2) is 54.6 Å². The largest absolute Gasteiger partial charge is 0.394 e. The molecule has 1 fully saturated rings. The van der Waals surface area contributed by atoms with Gasteiger partial charge in [0.1, 0.15) is 6.10 Å². The lowest BCUT2D eigenvalue weighted by Crippen LogP contribution is -2.27. The Kier molecular flexibility index (Phi) is 41.4. The highest BCUT2D eigenvalue weighted by atomic mass is 32.2. The van der Waals surface area contributed by atoms with Gasteiger partial charge >= 0.3 is 0 Å². The molecule has 0 radical (unpaired) electrons. The summed E-state index contributed by atoms with van der Waals surface area (Å²) >= 11 is 8.12. The van der Waals surface area contributed by atoms with E-state index in [0.717, 1.165) is 23.3 Å². The van der Waals surface area contributed by atoms with Crippen LogP contribution in [0.25, 0.3) is 0 Å². The molecule has 0 bridgehead atoms. The van der Waals surface area contributed by atoms with Gasteiger partial charge in [-0.25, -0.2) is 0 Å². The van der Waals surface area contributed by atoms with Gasteiger partial charge in [-0.1, -0.05) is 164 Å². The first-order valence-corrected chi connectivity index (χ1v) is 23.6. The highest BCUT2D eigenvalue weighted by molar-refractivity contribution is 8.01. The summed E-state index contributed by atoms with van der Waals surface area (Å²) in [5, 5.41) is 9.13. The maximum absolute atomic E-state index is 9.13. The molecule has 0 spiro atoms. The molecule has 1 atom stereocenters. The van der Waals surface area contributed by atoms with Gasteiger partial charge in [0.25, 0.3) is 0 Å². The molecule has 3 rings (SSSR count). The zero-order valence-electron chi connectivity index (χ0n) is 40.0. The topological polar surface area (TPSA) is 75.6 Å². The number of benzene rings is 2. The Labute approximate surface area is 373 Å². The van der Waals surface area contributed by atoms with Gasteiger partial charge in [-0.15, -0.1) is 0 Å². The van der Waals surface area contributed by atoms with E-state index in [1.807, 2.05) is 41.7 Å². The van der Waals surface area contributed by atoms with Gasteiger partial charge in [0.05, 0.1) is 79.3 Å². The van der Waals surface area contributed by atoms with Crippen molar-refractivity contribution < 1.29 is 33.5 Å². The van der Waals surface area contributed by atoms with Crippen LogP contribution >= 0.6 is 36.2 Å². The van der Waals surface area contributed by atoms with E-state index in [0.29, 0.717) is 86.9 Å². The first-order valence-electron chi connectivity index (χ1n) is 21.2. The van der Waals surface area contributed by atoms with Gasteiger partial charge in [0, 0.05) is 25.7 Å². The Hall–Kier alpha value is -0.790. The number of aryl methyl sites for hydroxylation is 1. The highest BCUT2D eigenvalue weighted by Gasteiger charge is 2.20. The summed E-state index contributed by atoms with van der Waals surface area (Å²) in [6.45, 7) is 40.8. The first kappa shape index (κ1) is 61.5. The lowest BCUT2D eigenvalue weighted by atomic mass is 10.2. The standard InChI is InChI=1S/C13H26O7.C12H18S.C8H18S.C7H8S.2C4H10/c14-11-13-12-19-8-7-17-4-3-15-1-2-16-5-6-18-9-10-20-13;1-10-5-7-11(8-6-10)9-13-12(2,3)4;1-7(2,3)9-8(4,5)6;8-6-7-4-2-1-3-5-7;2*1-4(2)3/h13-14H,1-12H2;5-8H,9H2,1-4H3;1-6H3;1-5,8H,6H2;2*4H,1-3H3. The van der Waals surface area contributed by atoms with Crippen LogP contribution in [0.2, 0.25) is 0 Å². The second-order valence-electron chi connectivity index (χ2n) is 18.0. The summed E-state index contributed by atoms with van der Waals surface area (Å²) in [6.07, 6.45) is -0.322. The smallest absolute Gasteiger partial charge is 0.104 e. The molecule has 0 amide bonds. The number of thiol groups is 1. The number of rotatable bonds is 4. The third-order valence-corrected chi connectivity index (χ3v) is 8.94. The minimum atomic E-state index is -0.322. The third kappa shape index (κ3) is 57.3. The van der Waals surface area contributed by atoms with Crippen molar-refractivity contribution in [1.82, 2.24) is 0 Å². The predicted octanol–water partition coefficient (Wildman–Crippen LogP) is 12.2. The summed E-state index contributed by atoms with van der Waals surface area (Å²) < 4.78 is 33.3. The molecule has 0 aliphatic carbocycles. The zero-order valence-corrected chi connectivity index (χ0v) is 42.5. The van der Waals surface area contributed by atoms with E-state index in [-0.39, 0.29) is 12.7 Å². The van der Waals surface area contributed by atoms with Gasteiger partial charge < -0.3 is 33.5 Å². The molecule has 1 aliphatic heterocycles. The summed E-state index contributed by atoms with van der Waals surface area (Å²) in [5.41, 5.74) is 4.03. The van der Waals surface area contributed by atoms with Crippen molar-refractivity contribution in [2.24, 2.45) is 11.8 Å². The molecule has 1 unspecified atom stereocenters. The van der Waals surface area contributed by atoms with Crippen LogP contribution in [0.1, 0.15) is 121 Å². The monoisotopic (exact) mass is 875 g/mol. The fourth-order valence-electron chi connectivity index (χ4n) is 4.01. The molecular weight excluding hydrogens is 785 g/mol. The summed E-state index contributed by atoms with van der Waals surface area (Å²) in [7, 11) is 0. The second-order valence-corrected chi connectivity index (χ2v) is 22.8. The van der Waals surface area contributed by atoms with Gasteiger partial charge in [0.2, 0.25) is 0 Å². The van der Waals surface area contributed by atoms with Crippen LogP contribution < -0.4 is 0 Å². The van der Waals surface area contributed by atoms with E-state index < -0.39 is 0 Å². The molecule has 342 valence electrons. The minimum absolute atomic E-state index is 0.0716. The molecule has 0 aromatic heterocycles. The van der Waals surface area contributed by atoms with Crippen molar-refractivity contribution in [3.8, 4) is 0 Å². The van der Waals surface area contributed by atoms with E-state index >= 15 is 0 Å². The molecule has 1 aliphatic rings. The quantitative estimate of drug-likeness (QED) is 0.292. The van der Waals surface area contributed by atoms with Crippen molar-refractivity contribution in [2.45, 2.75) is 143 Å². The van der Waals surface area contributed by atoms with Crippen molar-refractivity contribution in [1.29, 1.82) is 0 Å². The molecule has 1 N–H and O–H groups in total. The highest BCUT2D eigenvalue weighted by Crippen LogP contribution is 2.35. The van der Waals surface area contributed by atoms with Gasteiger partial charge in [0.15, 0.2) is 0 Å². The van der Waals surface area contributed by atoms with E-state index in [9.17, 15) is 0 Å². The van der Waals surface area contributed by atoms with Crippen molar-refractivity contribution in [3.63, 3.8) is 0 Å². The average molecular weight is 875 g/mol. The molecule has 7 nitrogen and oxygen atoms in total. The average Bonchev–Trinajstić information content (AvgIpc) is 3.10. The molecule has 2 aromatic carbocycles. The Morgan fingerprint density at radius 3 is 1.26 bits per heavy atom. The lowest BCUT2D eigenvalue weighted by Gasteiger charge is -2.28. The fourth-order valence-corrected chi connectivity index (χ4v) is 6.85. The van der Waals surface area contributed by atoms with Gasteiger partial charge in [-0.2, -0.15) is 36.2 Å². The maximum Gasteiger partial charge on any atom is 0.104 e. The zero-order chi connectivity index (χ0) is 44.9. The molecule has 0 saturated carbocycles. The first-order chi connectivity index (χ1) is 27.0. The van der Waals surface area contributed by atoms with E-state index in [2.05, 4.69) is 160 Å². The number of hydrogen-bond acceptors (Lipinski definition) is 10. The van der Waals surface area contributed by atoms with Crippen molar-refractivity contribution in [3.05, 3.63) is 71.3 Å². The van der Waals surface area contributed by atoms with Crippen LogP contribution in [-0.4, -0.2) is 105 Å². The van der Waals surface area contributed by atoms with Crippen molar-refractivity contribution >= 4 is 36.2 Å². The minimum Gasteiger partial charge on any atom is -0.394 e. The predicted molar refractivity (Wildman–Crippen MR) is 260 cm³/mol. The van der Waals surface area contributed by atoms with Gasteiger partial charge in [-0.05, 0) is 29.9 Å². The molecule has 1 heterocycles. The van der Waals surface area contributed by atoms with Crippen LogP contribution in [-0.2, 0) is 39.9 Å². The molecule has 1 saturated heterocycles. The number of aliphatic hydroxyl groups excluding tert-OH is 1. The van der Waals surface area contributed by atoms with Gasteiger partial charge in [-0.3, -0.25) is 0 Å². The molecule has 58 heavy (non-hydrogen) atoms. The fraction of sp³-hybridized carbons (Fsp3) is 0.750. The van der Waals surface area contributed by atoms with Crippen LogP contribution in [0.4, 0.5) is 0 Å². The Morgan fingerprint density at radius 2 is 0.948 bits per heavy atom. The van der Waals surface area contributed by atoms with E-state index in [1.165, 1.54) is 16.7 Å². The van der Waals surface area contributed by atoms with E-state index in [1.54, 1.807) is 0 Å². The Balaban J connectivity index is -0.000000687. The summed E-state index contributed by atoms with van der Waals surface area (Å²) in [4.78, 5) is 0. The number of aliphatic hydroxyl groups is 1. The SMILES string of the molecule is CC(C)(C)SC(C)(C)C.CC(C)C.CC(C)C.Cc1ccc(CSC(C)(C)C)cc1.OCC1COCCOCCOCCOCCOCCO1.SCc1ccccc1. The van der Waals surface area contributed by atoms with Crippen molar-refractivity contribution in [2.75, 3.05) is 79.3 Å². The summed E-state index contributed by atoms with van der Waals surface area (Å²) in [5.74, 6) is 3.62. The number of thioether (sulfide) groups is 2. The Morgan fingerprint density at radius 1 is 0.569 bits per heavy atom. The Bertz CT molecular complexity index is 1070. The lowest BCUT2D eigenvalue weighted by molar-refractivity contribution is -0.0740. The van der Waals surface area contributed by atoms with Crippen LogP contribution in [0.5, 0.6) is 0 Å². The van der Waals surface area contributed by atoms with Crippen LogP contribution in [0, 0.1) is 18.8 Å². The molecular formula is C48H90O7S3. The number of hydrogen-bond donors (Lipinski definition) is 2. The normalized spacial score (nSPS) is 16.4. The molecule has 10 heteroatoms.